The van der Waals surface area contributed by atoms with Gasteiger partial charge in [0.05, 0.1) is 0 Å². The number of pyridine rings is 1. The molecular formula is C13H11FN4S. The van der Waals surface area contributed by atoms with E-state index in [4.69, 9.17) is 5.73 Å². The first-order chi connectivity index (χ1) is 9.29. The van der Waals surface area contributed by atoms with Crippen molar-refractivity contribution in [3.8, 4) is 0 Å². The highest BCUT2D eigenvalue weighted by Gasteiger charge is 2.12. The maximum Gasteiger partial charge on any atom is 0.200 e. The molecule has 0 amide bonds. The molecule has 0 unspecified atom stereocenters. The summed E-state index contributed by atoms with van der Waals surface area (Å²) in [4.78, 5) is 0.764. The second-order valence-corrected chi connectivity index (χ2v) is 4.94. The Bertz CT molecular complexity index is 725. The van der Waals surface area contributed by atoms with Crippen molar-refractivity contribution in [2.45, 2.75) is 16.6 Å². The molecule has 4 nitrogen and oxygen atoms in total. The average Bonchev–Trinajstić information content (AvgIpc) is 2.83. The van der Waals surface area contributed by atoms with Crippen LogP contribution in [-0.2, 0) is 6.54 Å². The van der Waals surface area contributed by atoms with Crippen LogP contribution in [0.15, 0.2) is 52.6 Å². The Hall–Kier alpha value is -1.92. The fourth-order valence-electron chi connectivity index (χ4n) is 1.82. The summed E-state index contributed by atoms with van der Waals surface area (Å²) in [5.74, 6) is -0.290. The van der Waals surface area contributed by atoms with Crippen molar-refractivity contribution in [1.29, 1.82) is 0 Å². The van der Waals surface area contributed by atoms with Crippen LogP contribution in [0, 0.1) is 5.82 Å². The first kappa shape index (κ1) is 12.1. The second-order valence-electron chi connectivity index (χ2n) is 3.93. The van der Waals surface area contributed by atoms with Gasteiger partial charge in [0.1, 0.15) is 5.82 Å². The quantitative estimate of drug-likeness (QED) is 0.797. The molecule has 3 aromatic rings. The van der Waals surface area contributed by atoms with Crippen LogP contribution in [0.25, 0.3) is 5.65 Å². The number of benzene rings is 1. The number of aromatic nitrogens is 3. The van der Waals surface area contributed by atoms with E-state index < -0.39 is 0 Å². The zero-order valence-electron chi connectivity index (χ0n) is 9.95. The number of hydrogen-bond donors (Lipinski definition) is 1. The molecule has 2 heterocycles. The molecule has 0 aliphatic carbocycles. The van der Waals surface area contributed by atoms with E-state index in [1.807, 2.05) is 34.9 Å². The molecule has 0 aliphatic heterocycles. The standard InChI is InChI=1S/C13H11FN4S/c14-10-4-3-5-11(9(10)8-15)19-13-17-16-12-6-1-2-7-18(12)13/h1-7H,8,15H2. The molecule has 0 saturated heterocycles. The predicted molar refractivity (Wildman–Crippen MR) is 71.4 cm³/mol. The van der Waals surface area contributed by atoms with Crippen LogP contribution in [0.4, 0.5) is 4.39 Å². The lowest BCUT2D eigenvalue weighted by Gasteiger charge is -2.06. The molecule has 1 aromatic carbocycles. The highest BCUT2D eigenvalue weighted by Crippen LogP contribution is 2.30. The van der Waals surface area contributed by atoms with Gasteiger partial charge in [-0.25, -0.2) is 4.39 Å². The molecule has 19 heavy (non-hydrogen) atoms. The van der Waals surface area contributed by atoms with E-state index in [0.29, 0.717) is 10.7 Å². The molecule has 0 radical (unpaired) electrons. The van der Waals surface area contributed by atoms with Crippen LogP contribution < -0.4 is 5.73 Å². The van der Waals surface area contributed by atoms with Gasteiger partial charge in [-0.05, 0) is 36.0 Å². The molecule has 0 fully saturated rings. The maximum absolute atomic E-state index is 13.7. The Morgan fingerprint density at radius 2 is 2.05 bits per heavy atom. The fraction of sp³-hybridized carbons (Fsp3) is 0.0769. The molecule has 0 bridgehead atoms. The van der Waals surface area contributed by atoms with Gasteiger partial charge in [0.2, 0.25) is 0 Å². The molecule has 96 valence electrons. The Kier molecular flexibility index (Phi) is 3.18. The van der Waals surface area contributed by atoms with E-state index in [9.17, 15) is 4.39 Å². The smallest absolute Gasteiger partial charge is 0.200 e. The van der Waals surface area contributed by atoms with Gasteiger partial charge in [0, 0.05) is 23.2 Å². The van der Waals surface area contributed by atoms with Gasteiger partial charge in [-0.3, -0.25) is 4.40 Å². The third-order valence-electron chi connectivity index (χ3n) is 2.76. The summed E-state index contributed by atoms with van der Waals surface area (Å²) >= 11 is 1.36. The first-order valence-corrected chi connectivity index (χ1v) is 6.56. The molecule has 0 saturated carbocycles. The first-order valence-electron chi connectivity index (χ1n) is 5.74. The number of fused-ring (bicyclic) bond motifs is 1. The number of nitrogens with two attached hydrogens (primary N) is 1. The summed E-state index contributed by atoms with van der Waals surface area (Å²) < 4.78 is 15.5. The highest BCUT2D eigenvalue weighted by molar-refractivity contribution is 7.99. The van der Waals surface area contributed by atoms with Crippen molar-refractivity contribution in [1.82, 2.24) is 14.6 Å². The lowest BCUT2D eigenvalue weighted by Crippen LogP contribution is -2.02. The Morgan fingerprint density at radius 3 is 2.89 bits per heavy atom. The zero-order valence-corrected chi connectivity index (χ0v) is 10.8. The van der Waals surface area contributed by atoms with Crippen LogP contribution in [0.5, 0.6) is 0 Å². The van der Waals surface area contributed by atoms with Gasteiger partial charge in [-0.15, -0.1) is 10.2 Å². The lowest BCUT2D eigenvalue weighted by molar-refractivity contribution is 0.604. The Morgan fingerprint density at radius 1 is 1.16 bits per heavy atom. The van der Waals surface area contributed by atoms with Gasteiger partial charge < -0.3 is 5.73 Å². The van der Waals surface area contributed by atoms with Crippen LogP contribution in [0.2, 0.25) is 0 Å². The normalized spacial score (nSPS) is 11.1. The predicted octanol–water partition coefficient (Wildman–Crippen LogP) is 2.48. The lowest BCUT2D eigenvalue weighted by atomic mass is 10.2. The topological polar surface area (TPSA) is 56.2 Å². The highest BCUT2D eigenvalue weighted by atomic mass is 32.2. The van der Waals surface area contributed by atoms with Crippen LogP contribution in [0.3, 0.4) is 0 Å². The van der Waals surface area contributed by atoms with Gasteiger partial charge in [0.25, 0.3) is 0 Å². The summed E-state index contributed by atoms with van der Waals surface area (Å²) in [6.45, 7) is 0.158. The third kappa shape index (κ3) is 2.20. The van der Waals surface area contributed by atoms with E-state index in [2.05, 4.69) is 10.2 Å². The summed E-state index contributed by atoms with van der Waals surface area (Å²) in [5.41, 5.74) is 6.86. The molecule has 0 spiro atoms. The van der Waals surface area contributed by atoms with Crippen molar-refractivity contribution < 1.29 is 4.39 Å². The molecule has 2 aromatic heterocycles. The van der Waals surface area contributed by atoms with Crippen LogP contribution >= 0.6 is 11.8 Å². The second kappa shape index (κ2) is 4.99. The van der Waals surface area contributed by atoms with E-state index in [-0.39, 0.29) is 12.4 Å². The maximum atomic E-state index is 13.7. The van der Waals surface area contributed by atoms with Gasteiger partial charge >= 0.3 is 0 Å². The number of halogens is 1. The monoisotopic (exact) mass is 274 g/mol. The van der Waals surface area contributed by atoms with Crippen LogP contribution in [-0.4, -0.2) is 14.6 Å². The van der Waals surface area contributed by atoms with E-state index in [0.717, 1.165) is 10.5 Å². The van der Waals surface area contributed by atoms with Crippen molar-refractivity contribution in [2.75, 3.05) is 0 Å². The molecular weight excluding hydrogens is 263 g/mol. The van der Waals surface area contributed by atoms with Crippen LogP contribution in [0.1, 0.15) is 5.56 Å². The molecule has 6 heteroatoms. The van der Waals surface area contributed by atoms with Gasteiger partial charge in [-0.1, -0.05) is 12.1 Å². The minimum absolute atomic E-state index is 0.158. The summed E-state index contributed by atoms with van der Waals surface area (Å²) in [6, 6.07) is 10.6. The Balaban J connectivity index is 2.04. The van der Waals surface area contributed by atoms with Crippen molar-refractivity contribution in [3.63, 3.8) is 0 Å². The van der Waals surface area contributed by atoms with Crippen molar-refractivity contribution >= 4 is 17.4 Å². The van der Waals surface area contributed by atoms with Gasteiger partial charge in [0.15, 0.2) is 10.8 Å². The zero-order chi connectivity index (χ0) is 13.2. The Labute approximate surface area is 113 Å². The largest absolute Gasteiger partial charge is 0.326 e. The number of rotatable bonds is 3. The van der Waals surface area contributed by atoms with Crippen molar-refractivity contribution in [2.24, 2.45) is 5.73 Å². The fourth-order valence-corrected chi connectivity index (χ4v) is 2.80. The summed E-state index contributed by atoms with van der Waals surface area (Å²) in [5, 5.41) is 8.86. The molecule has 3 rings (SSSR count). The summed E-state index contributed by atoms with van der Waals surface area (Å²) in [6.07, 6.45) is 1.87. The van der Waals surface area contributed by atoms with E-state index >= 15 is 0 Å². The number of nitrogens with zero attached hydrogens (tertiary/aromatic N) is 3. The molecule has 0 aliphatic rings. The van der Waals surface area contributed by atoms with E-state index in [1.54, 1.807) is 6.07 Å². The minimum atomic E-state index is -0.290. The SMILES string of the molecule is NCc1c(F)cccc1Sc1nnc2ccccn12. The summed E-state index contributed by atoms with van der Waals surface area (Å²) in [7, 11) is 0. The van der Waals surface area contributed by atoms with Crippen molar-refractivity contribution in [3.05, 3.63) is 54.0 Å². The van der Waals surface area contributed by atoms with Gasteiger partial charge in [-0.2, -0.15) is 0 Å². The van der Waals surface area contributed by atoms with E-state index in [1.165, 1.54) is 17.8 Å². The molecule has 2 N–H and O–H groups in total. The number of hydrogen-bond acceptors (Lipinski definition) is 4. The third-order valence-corrected chi connectivity index (χ3v) is 3.83. The minimum Gasteiger partial charge on any atom is -0.326 e. The molecule has 0 atom stereocenters. The average molecular weight is 274 g/mol.